The number of phenols is 1. The number of rotatable bonds is 4. The largest absolute Gasteiger partial charge is 0.505 e. The summed E-state index contributed by atoms with van der Waals surface area (Å²) in [6, 6.07) is 10.8. The third-order valence-corrected chi connectivity index (χ3v) is 5.45. The number of anilines is 1. The van der Waals surface area contributed by atoms with Crippen LogP contribution in [-0.2, 0) is 20.2 Å². The van der Waals surface area contributed by atoms with Gasteiger partial charge in [0.25, 0.3) is 20.2 Å². The van der Waals surface area contributed by atoms with Crippen LogP contribution in [0.25, 0.3) is 10.8 Å². The van der Waals surface area contributed by atoms with Gasteiger partial charge in [-0.3, -0.25) is 9.11 Å². The van der Waals surface area contributed by atoms with Crippen LogP contribution < -0.4 is 5.73 Å². The summed E-state index contributed by atoms with van der Waals surface area (Å²) in [5.41, 5.74) is 5.27. The zero-order chi connectivity index (χ0) is 20.7. The van der Waals surface area contributed by atoms with Crippen molar-refractivity contribution in [2.45, 2.75) is 9.79 Å². The van der Waals surface area contributed by atoms with E-state index in [1.54, 1.807) is 30.3 Å². The first-order valence-corrected chi connectivity index (χ1v) is 10.4. The number of hydrogen-bond acceptors (Lipinski definition) is 8. The molecule has 30 heavy (non-hydrogen) atoms. The average Bonchev–Trinajstić information content (AvgIpc) is 2.59. The molecule has 0 spiro atoms. The van der Waals surface area contributed by atoms with Gasteiger partial charge in [0, 0.05) is 70.2 Å². The molecule has 0 saturated heterocycles. The van der Waals surface area contributed by atoms with Gasteiger partial charge in [-0.1, -0.05) is 18.2 Å². The third kappa shape index (κ3) is 5.79. The summed E-state index contributed by atoms with van der Waals surface area (Å²) in [6.07, 6.45) is 0. The molecule has 3 rings (SSSR count). The molecule has 148 valence electrons. The van der Waals surface area contributed by atoms with Crippen LogP contribution in [0, 0.1) is 0 Å². The van der Waals surface area contributed by atoms with Crippen molar-refractivity contribution in [3.05, 3.63) is 48.5 Å². The first-order chi connectivity index (χ1) is 13.0. The quantitative estimate of drug-likeness (QED) is 0.194. The average molecular weight is 469 g/mol. The van der Waals surface area contributed by atoms with E-state index in [9.17, 15) is 31.0 Å². The van der Waals surface area contributed by atoms with Crippen molar-refractivity contribution < 1.29 is 31.0 Å². The second kappa shape index (κ2) is 10.0. The molecule has 0 aromatic heterocycles. The Morgan fingerprint density at radius 1 is 0.833 bits per heavy atom. The number of aromatic hydroxyl groups is 1. The SMILES string of the molecule is Nc1cc(S(=O)(=O)O)cc2cc(S(=O)(=O)O)c(N=Nc3ccccc3)c(O)c12.[Na].[Na]. The molecular formula is C16H13N3Na2O7S2. The Hall–Kier alpha value is -1.06. The van der Waals surface area contributed by atoms with Crippen LogP contribution in [0.15, 0.2) is 68.6 Å². The Kier molecular flexibility index (Phi) is 9.03. The molecule has 0 unspecified atom stereocenters. The summed E-state index contributed by atoms with van der Waals surface area (Å²) in [5.74, 6) is -0.732. The maximum Gasteiger partial charge on any atom is 0.296 e. The second-order valence-corrected chi connectivity index (χ2v) is 8.48. The monoisotopic (exact) mass is 469 g/mol. The van der Waals surface area contributed by atoms with Crippen molar-refractivity contribution in [3.63, 3.8) is 0 Å². The normalized spacial score (nSPS) is 11.8. The number of azo groups is 1. The van der Waals surface area contributed by atoms with E-state index in [2.05, 4.69) is 10.2 Å². The van der Waals surface area contributed by atoms with Crippen LogP contribution in [0.1, 0.15) is 0 Å². The first-order valence-electron chi connectivity index (χ1n) is 7.49. The molecule has 3 aromatic carbocycles. The van der Waals surface area contributed by atoms with E-state index in [1.807, 2.05) is 0 Å². The molecule has 0 aliphatic carbocycles. The number of hydrogen-bond donors (Lipinski definition) is 4. The molecular weight excluding hydrogens is 456 g/mol. The van der Waals surface area contributed by atoms with E-state index in [1.165, 1.54) is 0 Å². The second-order valence-electron chi connectivity index (χ2n) is 5.67. The molecule has 0 aliphatic heterocycles. The molecule has 14 heteroatoms. The fourth-order valence-electron chi connectivity index (χ4n) is 2.54. The molecule has 2 radical (unpaired) electrons. The van der Waals surface area contributed by atoms with Gasteiger partial charge in [0.1, 0.15) is 10.6 Å². The predicted molar refractivity (Wildman–Crippen MR) is 112 cm³/mol. The van der Waals surface area contributed by atoms with Crippen LogP contribution in [-0.4, -0.2) is 90.2 Å². The molecule has 0 bridgehead atoms. The first kappa shape index (κ1) is 27.0. The summed E-state index contributed by atoms with van der Waals surface area (Å²) in [6.45, 7) is 0. The van der Waals surface area contributed by atoms with Crippen molar-refractivity contribution in [2.24, 2.45) is 10.2 Å². The molecule has 0 aliphatic rings. The van der Waals surface area contributed by atoms with Gasteiger partial charge in [-0.15, -0.1) is 5.11 Å². The summed E-state index contributed by atoms with van der Waals surface area (Å²) in [7, 11) is -9.53. The van der Waals surface area contributed by atoms with E-state index in [0.717, 1.165) is 18.2 Å². The Morgan fingerprint density at radius 2 is 1.43 bits per heavy atom. The maximum atomic E-state index is 11.8. The molecule has 0 amide bonds. The molecule has 0 saturated carbocycles. The van der Waals surface area contributed by atoms with Crippen LogP contribution in [0.4, 0.5) is 17.1 Å². The molecule has 3 aromatic rings. The fraction of sp³-hybridized carbons (Fsp3) is 0. The van der Waals surface area contributed by atoms with Gasteiger partial charge in [-0.05, 0) is 35.7 Å². The van der Waals surface area contributed by atoms with Gasteiger partial charge in [0.05, 0.1) is 10.6 Å². The molecule has 5 N–H and O–H groups in total. The van der Waals surface area contributed by atoms with Crippen LogP contribution in [0.2, 0.25) is 0 Å². The van der Waals surface area contributed by atoms with Gasteiger partial charge >= 0.3 is 0 Å². The number of nitrogens with two attached hydrogens (primary N) is 1. The zero-order valence-corrected chi connectivity index (χ0v) is 21.5. The topological polar surface area (TPSA) is 180 Å². The summed E-state index contributed by atoms with van der Waals surface area (Å²) < 4.78 is 65.0. The Morgan fingerprint density at radius 3 is 1.97 bits per heavy atom. The number of fused-ring (bicyclic) bond motifs is 1. The van der Waals surface area contributed by atoms with Crippen molar-refractivity contribution >= 4 is 107 Å². The predicted octanol–water partition coefficient (Wildman–Crippen LogP) is 2.27. The minimum absolute atomic E-state index is 0. The molecule has 10 nitrogen and oxygen atoms in total. The number of phenolic OH excluding ortho intramolecular Hbond substituents is 1. The van der Waals surface area contributed by atoms with Crippen LogP contribution in [0.5, 0.6) is 5.75 Å². The Balaban J connectivity index is 0.00000225. The minimum atomic E-state index is -4.88. The van der Waals surface area contributed by atoms with Crippen LogP contribution in [0.3, 0.4) is 0 Å². The van der Waals surface area contributed by atoms with E-state index in [0.29, 0.717) is 5.69 Å². The van der Waals surface area contributed by atoms with Crippen LogP contribution >= 0.6 is 0 Å². The number of nitrogen functional groups attached to an aromatic ring is 1. The minimum Gasteiger partial charge on any atom is -0.505 e. The van der Waals surface area contributed by atoms with Crippen molar-refractivity contribution in [1.82, 2.24) is 0 Å². The van der Waals surface area contributed by atoms with Gasteiger partial charge < -0.3 is 10.8 Å². The van der Waals surface area contributed by atoms with Gasteiger partial charge in [-0.2, -0.15) is 21.9 Å². The third-order valence-electron chi connectivity index (χ3n) is 3.75. The molecule has 0 fully saturated rings. The van der Waals surface area contributed by atoms with E-state index < -0.39 is 41.5 Å². The van der Waals surface area contributed by atoms with Gasteiger partial charge in [-0.25, -0.2) is 0 Å². The number of benzene rings is 3. The maximum absolute atomic E-state index is 11.8. The van der Waals surface area contributed by atoms with E-state index >= 15 is 0 Å². The number of nitrogens with zero attached hydrogens (tertiary/aromatic N) is 2. The summed E-state index contributed by atoms with van der Waals surface area (Å²) in [5, 5.41) is 17.8. The van der Waals surface area contributed by atoms with Crippen molar-refractivity contribution in [3.8, 4) is 5.75 Å². The van der Waals surface area contributed by atoms with Crippen molar-refractivity contribution in [2.75, 3.05) is 5.73 Å². The smallest absolute Gasteiger partial charge is 0.296 e. The fourth-order valence-corrected chi connectivity index (χ4v) is 3.75. The molecule has 0 heterocycles. The molecule has 0 atom stereocenters. The Bertz CT molecular complexity index is 1330. The summed E-state index contributed by atoms with van der Waals surface area (Å²) >= 11 is 0. The van der Waals surface area contributed by atoms with E-state index in [4.69, 9.17) is 5.73 Å². The van der Waals surface area contributed by atoms with Crippen molar-refractivity contribution in [1.29, 1.82) is 0 Å². The van der Waals surface area contributed by atoms with Gasteiger partial charge in [0.2, 0.25) is 0 Å². The Labute approximate surface area is 216 Å². The van der Waals surface area contributed by atoms with Gasteiger partial charge in [0.15, 0.2) is 5.75 Å². The zero-order valence-electron chi connectivity index (χ0n) is 15.9. The van der Waals surface area contributed by atoms with E-state index in [-0.39, 0.29) is 75.6 Å². The standard InChI is InChI=1S/C16H13N3O7S2.2Na/c17-12-8-11(27(21,22)23)6-9-7-13(28(24,25)26)15(16(20)14(9)12)19-18-10-4-2-1-3-5-10;;/h1-8,20H,17H2,(H,21,22,23)(H,24,25,26);;. The summed E-state index contributed by atoms with van der Waals surface area (Å²) in [4.78, 5) is -1.43.